The number of nitrogens with one attached hydrogen (secondary N) is 1. The molecule has 6 heteroatoms. The summed E-state index contributed by atoms with van der Waals surface area (Å²) in [6.45, 7) is 0.475. The van der Waals surface area contributed by atoms with E-state index < -0.39 is 0 Å². The van der Waals surface area contributed by atoms with Crippen molar-refractivity contribution in [3.63, 3.8) is 0 Å². The number of rotatable bonds is 3. The molecule has 4 N–H and O–H groups in total. The second-order valence-corrected chi connectivity index (χ2v) is 2.82. The summed E-state index contributed by atoms with van der Waals surface area (Å²) in [5, 5.41) is 11.6. The van der Waals surface area contributed by atoms with E-state index in [1.54, 1.807) is 23.0 Å². The van der Waals surface area contributed by atoms with E-state index in [1.165, 1.54) is 0 Å². The predicted molar refractivity (Wildman–Crippen MR) is 53.0 cm³/mol. The summed E-state index contributed by atoms with van der Waals surface area (Å²) >= 11 is 0. The Bertz CT molecular complexity index is 438. The normalized spacial score (nSPS) is 10.6. The third-order valence-electron chi connectivity index (χ3n) is 1.80. The average molecular weight is 193 g/mol. The molecule has 0 aliphatic carbocycles. The fraction of sp³-hybridized carbons (Fsp3) is 0.250. The molecule has 0 aromatic carbocycles. The summed E-state index contributed by atoms with van der Waals surface area (Å²) in [7, 11) is 0. The van der Waals surface area contributed by atoms with E-state index in [2.05, 4.69) is 15.3 Å². The van der Waals surface area contributed by atoms with E-state index in [4.69, 9.17) is 10.8 Å². The Morgan fingerprint density at radius 2 is 2.43 bits per heavy atom. The standard InChI is InChI=1S/C8H11N5O/c9-6-5-13-3-1-11-8(13)7(12-6)10-2-4-14/h1,3,5,14H,2,4,9H2,(H,10,12). The van der Waals surface area contributed by atoms with Gasteiger partial charge in [-0.05, 0) is 0 Å². The van der Waals surface area contributed by atoms with Crippen molar-refractivity contribution >= 4 is 17.3 Å². The summed E-state index contributed by atoms with van der Waals surface area (Å²) in [5.41, 5.74) is 6.29. The Morgan fingerprint density at radius 3 is 3.21 bits per heavy atom. The van der Waals surface area contributed by atoms with Gasteiger partial charge in [-0.25, -0.2) is 9.97 Å². The number of aromatic nitrogens is 3. The number of nitrogen functional groups attached to an aromatic ring is 1. The highest BCUT2D eigenvalue weighted by molar-refractivity contribution is 5.64. The highest BCUT2D eigenvalue weighted by Gasteiger charge is 2.04. The Morgan fingerprint density at radius 1 is 1.57 bits per heavy atom. The van der Waals surface area contributed by atoms with Crippen LogP contribution in [0.3, 0.4) is 0 Å². The van der Waals surface area contributed by atoms with Crippen LogP contribution in [0.2, 0.25) is 0 Å². The zero-order valence-corrected chi connectivity index (χ0v) is 7.51. The number of fused-ring (bicyclic) bond motifs is 1. The molecule has 2 aromatic heterocycles. The summed E-state index contributed by atoms with van der Waals surface area (Å²) < 4.78 is 1.78. The first-order valence-corrected chi connectivity index (χ1v) is 4.25. The third kappa shape index (κ3) is 1.47. The number of nitrogens with zero attached hydrogens (tertiary/aromatic N) is 3. The minimum Gasteiger partial charge on any atom is -0.395 e. The number of nitrogens with two attached hydrogens (primary N) is 1. The van der Waals surface area contributed by atoms with Crippen LogP contribution < -0.4 is 11.1 Å². The minimum absolute atomic E-state index is 0.0450. The van der Waals surface area contributed by atoms with Crippen LogP contribution in [-0.4, -0.2) is 32.6 Å². The zero-order chi connectivity index (χ0) is 9.97. The molecule has 0 spiro atoms. The molecule has 2 aromatic rings. The van der Waals surface area contributed by atoms with Gasteiger partial charge in [0.2, 0.25) is 0 Å². The van der Waals surface area contributed by atoms with Crippen LogP contribution in [0.4, 0.5) is 11.6 Å². The first kappa shape index (κ1) is 8.76. The van der Waals surface area contributed by atoms with Gasteiger partial charge in [0.05, 0.1) is 12.8 Å². The van der Waals surface area contributed by atoms with Gasteiger partial charge >= 0.3 is 0 Å². The Hall–Kier alpha value is -1.82. The highest BCUT2D eigenvalue weighted by Crippen LogP contribution is 2.13. The van der Waals surface area contributed by atoms with Crippen molar-refractivity contribution in [2.45, 2.75) is 0 Å². The van der Waals surface area contributed by atoms with Gasteiger partial charge in [0, 0.05) is 18.9 Å². The third-order valence-corrected chi connectivity index (χ3v) is 1.80. The number of anilines is 2. The number of hydrogen-bond acceptors (Lipinski definition) is 5. The maximum Gasteiger partial charge on any atom is 0.180 e. The number of hydrogen-bond donors (Lipinski definition) is 3. The molecule has 0 aliphatic rings. The SMILES string of the molecule is Nc1cn2ccnc2c(NCCO)n1. The first-order valence-electron chi connectivity index (χ1n) is 4.25. The lowest BCUT2D eigenvalue weighted by atomic mass is 10.5. The Kier molecular flexibility index (Phi) is 2.19. The largest absolute Gasteiger partial charge is 0.395 e. The summed E-state index contributed by atoms with van der Waals surface area (Å²) in [4.78, 5) is 8.20. The number of imidazole rings is 1. The van der Waals surface area contributed by atoms with Gasteiger partial charge in [-0.15, -0.1) is 0 Å². The van der Waals surface area contributed by atoms with Gasteiger partial charge in [-0.1, -0.05) is 0 Å². The van der Waals surface area contributed by atoms with Crippen LogP contribution in [0.1, 0.15) is 0 Å². The van der Waals surface area contributed by atoms with Crippen molar-refractivity contribution in [3.05, 3.63) is 18.6 Å². The lowest BCUT2D eigenvalue weighted by molar-refractivity contribution is 0.311. The smallest absolute Gasteiger partial charge is 0.180 e. The van der Waals surface area contributed by atoms with Gasteiger partial charge < -0.3 is 20.6 Å². The molecule has 0 unspecified atom stereocenters. The molecule has 0 aliphatic heterocycles. The molecule has 0 amide bonds. The Balaban J connectivity index is 2.44. The second-order valence-electron chi connectivity index (χ2n) is 2.82. The molecule has 0 atom stereocenters. The van der Waals surface area contributed by atoms with Crippen molar-refractivity contribution in [1.82, 2.24) is 14.4 Å². The fourth-order valence-electron chi connectivity index (χ4n) is 1.24. The average Bonchev–Trinajstić information content (AvgIpc) is 2.61. The fourth-order valence-corrected chi connectivity index (χ4v) is 1.24. The van der Waals surface area contributed by atoms with Gasteiger partial charge in [0.25, 0.3) is 0 Å². The molecular formula is C8H11N5O. The van der Waals surface area contributed by atoms with Gasteiger partial charge in [0.15, 0.2) is 11.5 Å². The van der Waals surface area contributed by atoms with Crippen LogP contribution in [0.15, 0.2) is 18.6 Å². The molecule has 0 saturated heterocycles. The monoisotopic (exact) mass is 193 g/mol. The van der Waals surface area contributed by atoms with E-state index in [0.717, 1.165) is 0 Å². The predicted octanol–water partition coefficient (Wildman–Crippen LogP) is -0.284. The zero-order valence-electron chi connectivity index (χ0n) is 7.51. The molecule has 14 heavy (non-hydrogen) atoms. The van der Waals surface area contributed by atoms with Crippen molar-refractivity contribution in [2.24, 2.45) is 0 Å². The molecule has 2 heterocycles. The first-order chi connectivity index (χ1) is 6.81. The van der Waals surface area contributed by atoms with E-state index >= 15 is 0 Å². The summed E-state index contributed by atoms with van der Waals surface area (Å²) in [6.07, 6.45) is 5.14. The quantitative estimate of drug-likeness (QED) is 0.623. The molecule has 2 rings (SSSR count). The van der Waals surface area contributed by atoms with Crippen molar-refractivity contribution in [1.29, 1.82) is 0 Å². The van der Waals surface area contributed by atoms with E-state index in [-0.39, 0.29) is 6.61 Å². The van der Waals surface area contributed by atoms with E-state index in [9.17, 15) is 0 Å². The van der Waals surface area contributed by atoms with Crippen molar-refractivity contribution in [3.8, 4) is 0 Å². The summed E-state index contributed by atoms with van der Waals surface area (Å²) in [6, 6.07) is 0. The molecule has 0 fully saturated rings. The lowest BCUT2D eigenvalue weighted by Crippen LogP contribution is -2.09. The molecule has 0 bridgehead atoms. The Labute approximate surface area is 80.4 Å². The molecule has 6 nitrogen and oxygen atoms in total. The van der Waals surface area contributed by atoms with Crippen LogP contribution in [-0.2, 0) is 0 Å². The highest BCUT2D eigenvalue weighted by atomic mass is 16.3. The van der Waals surface area contributed by atoms with Crippen LogP contribution in [0.25, 0.3) is 5.65 Å². The second kappa shape index (κ2) is 3.51. The van der Waals surface area contributed by atoms with Crippen LogP contribution >= 0.6 is 0 Å². The van der Waals surface area contributed by atoms with Crippen molar-refractivity contribution in [2.75, 3.05) is 24.2 Å². The van der Waals surface area contributed by atoms with Gasteiger partial charge in [-0.3, -0.25) is 0 Å². The molecular weight excluding hydrogens is 182 g/mol. The topological polar surface area (TPSA) is 88.5 Å². The van der Waals surface area contributed by atoms with E-state index in [1.807, 2.05) is 0 Å². The lowest BCUT2D eigenvalue weighted by Gasteiger charge is -2.05. The van der Waals surface area contributed by atoms with Gasteiger partial charge in [-0.2, -0.15) is 0 Å². The van der Waals surface area contributed by atoms with Crippen LogP contribution in [0.5, 0.6) is 0 Å². The molecule has 0 radical (unpaired) electrons. The maximum absolute atomic E-state index is 8.67. The summed E-state index contributed by atoms with van der Waals surface area (Å²) in [5.74, 6) is 1.000. The number of aliphatic hydroxyl groups is 1. The molecule has 0 saturated carbocycles. The van der Waals surface area contributed by atoms with Crippen LogP contribution in [0, 0.1) is 0 Å². The minimum atomic E-state index is 0.0450. The van der Waals surface area contributed by atoms with Gasteiger partial charge in [0.1, 0.15) is 5.82 Å². The maximum atomic E-state index is 8.67. The van der Waals surface area contributed by atoms with Crippen molar-refractivity contribution < 1.29 is 5.11 Å². The molecule has 74 valence electrons. The number of aliphatic hydroxyl groups excluding tert-OH is 1. The van der Waals surface area contributed by atoms with E-state index in [0.29, 0.717) is 23.8 Å².